The molecule has 0 unspecified atom stereocenters. The first-order valence-electron chi connectivity index (χ1n) is 7.71. The van der Waals surface area contributed by atoms with E-state index >= 15 is 0 Å². The largest absolute Gasteiger partial charge is 0.384 e. The molecule has 2 bridgehead atoms. The van der Waals surface area contributed by atoms with Crippen LogP contribution in [0.25, 0.3) is 0 Å². The van der Waals surface area contributed by atoms with Crippen LogP contribution >= 0.6 is 0 Å². The summed E-state index contributed by atoms with van der Waals surface area (Å²) in [6.07, 6.45) is 0.542. The average Bonchev–Trinajstić information content (AvgIpc) is 2.73. The maximum atomic E-state index is 6.19. The molecule has 2 aliphatic rings. The van der Waals surface area contributed by atoms with Crippen LogP contribution in [0.2, 0.25) is 0 Å². The highest BCUT2D eigenvalue weighted by atomic mass is 16.5. The maximum absolute atomic E-state index is 6.19. The van der Waals surface area contributed by atoms with E-state index in [0.717, 1.165) is 32.8 Å². The van der Waals surface area contributed by atoms with Crippen molar-refractivity contribution < 1.29 is 14.2 Å². The molecule has 2 fully saturated rings. The molecule has 3 rings (SSSR count). The van der Waals surface area contributed by atoms with Gasteiger partial charge < -0.3 is 14.2 Å². The first kappa shape index (κ1) is 15.0. The van der Waals surface area contributed by atoms with E-state index in [1.807, 2.05) is 0 Å². The van der Waals surface area contributed by atoms with E-state index in [0.29, 0.717) is 11.8 Å². The van der Waals surface area contributed by atoms with Crippen molar-refractivity contribution in [2.24, 2.45) is 11.8 Å². The predicted molar refractivity (Wildman–Crippen MR) is 81.1 cm³/mol. The molecule has 4 atom stereocenters. The summed E-state index contributed by atoms with van der Waals surface area (Å²) >= 11 is 0. The van der Waals surface area contributed by atoms with Gasteiger partial charge in [-0.3, -0.25) is 4.90 Å². The number of likely N-dealkylation sites (tertiary alicyclic amines) is 1. The Bertz CT molecular complexity index is 419. The van der Waals surface area contributed by atoms with Crippen LogP contribution in [0.5, 0.6) is 0 Å². The molecular formula is C17H25NO3. The van der Waals surface area contributed by atoms with Crippen molar-refractivity contribution in [3.63, 3.8) is 0 Å². The maximum Gasteiger partial charge on any atom is 0.0761 e. The highest BCUT2D eigenvalue weighted by Gasteiger charge is 2.48. The number of benzene rings is 1. The van der Waals surface area contributed by atoms with Gasteiger partial charge in [0.2, 0.25) is 0 Å². The van der Waals surface area contributed by atoms with E-state index in [-0.39, 0.29) is 12.2 Å². The Morgan fingerprint density at radius 3 is 2.10 bits per heavy atom. The number of hydrogen-bond acceptors (Lipinski definition) is 4. The van der Waals surface area contributed by atoms with Gasteiger partial charge in [0.15, 0.2) is 0 Å². The molecule has 0 aliphatic carbocycles. The fraction of sp³-hybridized carbons (Fsp3) is 0.647. The number of nitrogens with zero attached hydrogens (tertiary/aromatic N) is 1. The second kappa shape index (κ2) is 6.88. The van der Waals surface area contributed by atoms with E-state index < -0.39 is 0 Å². The lowest BCUT2D eigenvalue weighted by atomic mass is 9.89. The van der Waals surface area contributed by atoms with Gasteiger partial charge in [-0.1, -0.05) is 30.3 Å². The molecule has 116 valence electrons. The smallest absolute Gasteiger partial charge is 0.0761 e. The molecule has 0 N–H and O–H groups in total. The number of methoxy groups -OCH3 is 2. The third-order valence-electron chi connectivity index (χ3n) is 4.70. The number of ether oxygens (including phenoxy) is 3. The highest BCUT2D eigenvalue weighted by Crippen LogP contribution is 2.37. The molecule has 2 saturated heterocycles. The lowest BCUT2D eigenvalue weighted by Gasteiger charge is -2.33. The van der Waals surface area contributed by atoms with Crippen LogP contribution in [0.3, 0.4) is 0 Å². The van der Waals surface area contributed by atoms with E-state index in [4.69, 9.17) is 14.2 Å². The van der Waals surface area contributed by atoms with Crippen molar-refractivity contribution in [1.29, 1.82) is 0 Å². The zero-order valence-electron chi connectivity index (χ0n) is 12.9. The first-order chi connectivity index (χ1) is 10.3. The minimum atomic E-state index is 0.271. The lowest BCUT2D eigenvalue weighted by Crippen LogP contribution is -2.43. The number of morpholine rings is 1. The molecule has 21 heavy (non-hydrogen) atoms. The molecule has 0 spiro atoms. The lowest BCUT2D eigenvalue weighted by molar-refractivity contribution is -0.0599. The molecule has 4 nitrogen and oxygen atoms in total. The summed E-state index contributed by atoms with van der Waals surface area (Å²) < 4.78 is 17.0. The first-order valence-corrected chi connectivity index (χ1v) is 7.71. The Hall–Kier alpha value is -0.940. The Morgan fingerprint density at radius 1 is 1.00 bits per heavy atom. The zero-order valence-corrected chi connectivity index (χ0v) is 12.9. The van der Waals surface area contributed by atoms with Crippen molar-refractivity contribution in [2.45, 2.75) is 18.8 Å². The van der Waals surface area contributed by atoms with Crippen LogP contribution in [0, 0.1) is 11.8 Å². The standard InChI is InChI=1S/C17H25NO3/c1-19-11-14-15(12-20-2)17-10-18(9-16(14)21-17)8-13-6-4-3-5-7-13/h3-7,14-17H,8-12H2,1-2H3/t14-,15+,16+,17-. The van der Waals surface area contributed by atoms with Crippen molar-refractivity contribution in [1.82, 2.24) is 4.90 Å². The summed E-state index contributed by atoms with van der Waals surface area (Å²) in [7, 11) is 3.54. The third kappa shape index (κ3) is 3.29. The quantitative estimate of drug-likeness (QED) is 0.799. The van der Waals surface area contributed by atoms with Crippen LogP contribution < -0.4 is 0 Å². The second-order valence-electron chi connectivity index (χ2n) is 6.13. The normalized spacial score (nSPS) is 32.5. The highest BCUT2D eigenvalue weighted by molar-refractivity contribution is 5.15. The SMILES string of the molecule is COC[C@@H]1[C@H](COC)[C@H]2CN(Cc3ccccc3)C[C@@H]1O2. The minimum Gasteiger partial charge on any atom is -0.384 e. The van der Waals surface area contributed by atoms with Crippen LogP contribution in [0.1, 0.15) is 5.56 Å². The Kier molecular flexibility index (Phi) is 4.91. The van der Waals surface area contributed by atoms with E-state index in [9.17, 15) is 0 Å². The van der Waals surface area contributed by atoms with Gasteiger partial charge in [0.25, 0.3) is 0 Å². The van der Waals surface area contributed by atoms with Gasteiger partial charge >= 0.3 is 0 Å². The topological polar surface area (TPSA) is 30.9 Å². The summed E-state index contributed by atoms with van der Waals surface area (Å²) in [4.78, 5) is 2.51. The van der Waals surface area contributed by atoms with Crippen LogP contribution in [0.15, 0.2) is 30.3 Å². The summed E-state index contributed by atoms with van der Waals surface area (Å²) in [6.45, 7) is 4.48. The molecule has 1 aromatic carbocycles. The van der Waals surface area contributed by atoms with Crippen LogP contribution in [0.4, 0.5) is 0 Å². The fourth-order valence-electron chi connectivity index (χ4n) is 3.74. The summed E-state index contributed by atoms with van der Waals surface area (Å²) in [5, 5.41) is 0. The van der Waals surface area contributed by atoms with Gasteiger partial charge in [-0.05, 0) is 5.56 Å². The number of hydrogen-bond donors (Lipinski definition) is 0. The average molecular weight is 291 g/mol. The summed E-state index contributed by atoms with van der Waals surface area (Å²) in [5.74, 6) is 0.890. The van der Waals surface area contributed by atoms with Gasteiger partial charge in [0.05, 0.1) is 25.4 Å². The van der Waals surface area contributed by atoms with Crippen molar-refractivity contribution in [3.8, 4) is 0 Å². The van der Waals surface area contributed by atoms with Gasteiger partial charge in [-0.25, -0.2) is 0 Å². The summed E-state index contributed by atoms with van der Waals surface area (Å²) in [6, 6.07) is 10.7. The van der Waals surface area contributed by atoms with Gasteiger partial charge in [0, 0.05) is 45.7 Å². The van der Waals surface area contributed by atoms with Crippen LogP contribution in [-0.2, 0) is 20.8 Å². The molecule has 0 saturated carbocycles. The summed E-state index contributed by atoms with van der Waals surface area (Å²) in [5.41, 5.74) is 1.37. The zero-order chi connectivity index (χ0) is 14.7. The molecule has 0 radical (unpaired) electrons. The van der Waals surface area contributed by atoms with Gasteiger partial charge in [0.1, 0.15) is 0 Å². The van der Waals surface area contributed by atoms with Crippen molar-refractivity contribution in [2.75, 3.05) is 40.5 Å². The van der Waals surface area contributed by atoms with E-state index in [1.165, 1.54) is 5.56 Å². The minimum absolute atomic E-state index is 0.271. The van der Waals surface area contributed by atoms with E-state index in [1.54, 1.807) is 14.2 Å². The molecule has 2 aliphatic heterocycles. The molecule has 2 heterocycles. The molecular weight excluding hydrogens is 266 g/mol. The Labute approximate surface area is 127 Å². The second-order valence-corrected chi connectivity index (χ2v) is 6.13. The van der Waals surface area contributed by atoms with Gasteiger partial charge in [-0.15, -0.1) is 0 Å². The molecule has 4 heteroatoms. The number of fused-ring (bicyclic) bond motifs is 2. The molecule has 0 aromatic heterocycles. The van der Waals surface area contributed by atoms with Gasteiger partial charge in [-0.2, -0.15) is 0 Å². The fourth-order valence-corrected chi connectivity index (χ4v) is 3.74. The number of rotatable bonds is 6. The Balaban J connectivity index is 1.67. The van der Waals surface area contributed by atoms with E-state index in [2.05, 4.69) is 35.2 Å². The van der Waals surface area contributed by atoms with Crippen LogP contribution in [-0.4, -0.2) is 57.6 Å². The monoisotopic (exact) mass is 291 g/mol. The van der Waals surface area contributed by atoms with Crippen molar-refractivity contribution >= 4 is 0 Å². The predicted octanol–water partition coefficient (Wildman–Crippen LogP) is 1.79. The molecule has 1 aromatic rings. The Morgan fingerprint density at radius 2 is 1.57 bits per heavy atom. The van der Waals surface area contributed by atoms with Crippen molar-refractivity contribution in [3.05, 3.63) is 35.9 Å². The third-order valence-corrected chi connectivity index (χ3v) is 4.70. The molecule has 0 amide bonds.